The lowest BCUT2D eigenvalue weighted by Gasteiger charge is -2.15. The van der Waals surface area contributed by atoms with Gasteiger partial charge < -0.3 is 26.2 Å². The first kappa shape index (κ1) is 18.3. The number of aliphatic hydroxyl groups is 2. The Morgan fingerprint density at radius 2 is 1.65 bits per heavy atom. The van der Waals surface area contributed by atoms with E-state index in [1.807, 2.05) is 12.1 Å². The standard InChI is InChI=1S/C17H25N7O2/c25-11-14(26)10-20-16-22-15(19-9-12-5-7-18-8-6-12)23-17(24-16)21-13-3-1-2-4-13/h5-8,13-14,25-26H,1-4,9-11H2,(H3,19,20,21,22,23,24). The zero-order chi connectivity index (χ0) is 18.2. The third-order valence-corrected chi connectivity index (χ3v) is 4.23. The van der Waals surface area contributed by atoms with Gasteiger partial charge in [-0.15, -0.1) is 0 Å². The Hall–Kier alpha value is -2.52. The van der Waals surface area contributed by atoms with Crippen LogP contribution in [-0.2, 0) is 6.54 Å². The van der Waals surface area contributed by atoms with Gasteiger partial charge in [-0.05, 0) is 30.5 Å². The van der Waals surface area contributed by atoms with E-state index in [4.69, 9.17) is 5.11 Å². The van der Waals surface area contributed by atoms with E-state index in [1.54, 1.807) is 12.4 Å². The molecule has 1 unspecified atom stereocenters. The lowest BCUT2D eigenvalue weighted by molar-refractivity contribution is 0.105. The second kappa shape index (κ2) is 9.25. The van der Waals surface area contributed by atoms with Gasteiger partial charge >= 0.3 is 0 Å². The van der Waals surface area contributed by atoms with Crippen LogP contribution in [-0.4, -0.2) is 55.4 Å². The maximum atomic E-state index is 9.52. The highest BCUT2D eigenvalue weighted by Crippen LogP contribution is 2.21. The summed E-state index contributed by atoms with van der Waals surface area (Å²) in [5.41, 5.74) is 1.07. The smallest absolute Gasteiger partial charge is 0.229 e. The fraction of sp³-hybridized carbons (Fsp3) is 0.529. The van der Waals surface area contributed by atoms with Crippen LogP contribution in [0.1, 0.15) is 31.2 Å². The normalized spacial score (nSPS) is 15.6. The van der Waals surface area contributed by atoms with Crippen molar-refractivity contribution >= 4 is 17.8 Å². The third kappa shape index (κ3) is 5.50. The summed E-state index contributed by atoms with van der Waals surface area (Å²) in [6, 6.07) is 4.21. The molecule has 0 radical (unpaired) electrons. The number of hydrogen-bond donors (Lipinski definition) is 5. The predicted octanol–water partition coefficient (Wildman–Crippen LogP) is 0.998. The van der Waals surface area contributed by atoms with Crippen LogP contribution in [0, 0.1) is 0 Å². The van der Waals surface area contributed by atoms with Crippen molar-refractivity contribution < 1.29 is 10.2 Å². The van der Waals surface area contributed by atoms with Gasteiger partial charge in [0, 0.05) is 31.5 Å². The summed E-state index contributed by atoms with van der Waals surface area (Å²) >= 11 is 0. The first-order valence-corrected chi connectivity index (χ1v) is 8.91. The van der Waals surface area contributed by atoms with E-state index in [1.165, 1.54) is 12.8 Å². The molecule has 1 aliphatic carbocycles. The molecule has 1 saturated carbocycles. The zero-order valence-corrected chi connectivity index (χ0v) is 14.6. The van der Waals surface area contributed by atoms with E-state index in [9.17, 15) is 5.11 Å². The molecule has 5 N–H and O–H groups in total. The molecule has 140 valence electrons. The van der Waals surface area contributed by atoms with Gasteiger partial charge in [-0.3, -0.25) is 4.98 Å². The average Bonchev–Trinajstić information content (AvgIpc) is 3.18. The quantitative estimate of drug-likeness (QED) is 0.445. The molecule has 3 rings (SSSR count). The van der Waals surface area contributed by atoms with Crippen molar-refractivity contribution in [3.8, 4) is 0 Å². The van der Waals surface area contributed by atoms with Gasteiger partial charge in [0.15, 0.2) is 0 Å². The molecule has 1 aliphatic rings. The minimum atomic E-state index is -0.869. The molecular formula is C17H25N7O2. The van der Waals surface area contributed by atoms with Crippen molar-refractivity contribution in [1.82, 2.24) is 19.9 Å². The first-order chi connectivity index (χ1) is 12.7. The Morgan fingerprint density at radius 3 is 2.35 bits per heavy atom. The summed E-state index contributed by atoms with van der Waals surface area (Å²) in [6.45, 7) is 0.402. The first-order valence-electron chi connectivity index (χ1n) is 8.91. The molecule has 0 amide bonds. The van der Waals surface area contributed by atoms with Crippen LogP contribution in [0.25, 0.3) is 0 Å². The summed E-state index contributed by atoms with van der Waals surface area (Å²) < 4.78 is 0. The number of rotatable bonds is 9. The van der Waals surface area contributed by atoms with Crippen LogP contribution in [0.5, 0.6) is 0 Å². The number of nitrogens with zero attached hydrogens (tertiary/aromatic N) is 4. The lowest BCUT2D eigenvalue weighted by Crippen LogP contribution is -2.25. The monoisotopic (exact) mass is 359 g/mol. The number of aliphatic hydroxyl groups excluding tert-OH is 2. The summed E-state index contributed by atoms with van der Waals surface area (Å²) in [6.07, 6.45) is 7.25. The zero-order valence-electron chi connectivity index (χ0n) is 14.6. The second-order valence-electron chi connectivity index (χ2n) is 6.36. The molecule has 2 heterocycles. The van der Waals surface area contributed by atoms with Crippen molar-refractivity contribution in [2.45, 2.75) is 44.4 Å². The van der Waals surface area contributed by atoms with Crippen molar-refractivity contribution in [2.75, 3.05) is 29.1 Å². The van der Waals surface area contributed by atoms with E-state index in [-0.39, 0.29) is 13.2 Å². The Morgan fingerprint density at radius 1 is 1.00 bits per heavy atom. The number of nitrogens with one attached hydrogen (secondary N) is 3. The molecule has 0 bridgehead atoms. The van der Waals surface area contributed by atoms with Crippen LogP contribution in [0.2, 0.25) is 0 Å². The van der Waals surface area contributed by atoms with E-state index in [0.29, 0.717) is 30.4 Å². The predicted molar refractivity (Wildman–Crippen MR) is 98.9 cm³/mol. The Labute approximate surface area is 152 Å². The van der Waals surface area contributed by atoms with Gasteiger partial charge in [-0.2, -0.15) is 15.0 Å². The average molecular weight is 359 g/mol. The maximum absolute atomic E-state index is 9.52. The molecule has 0 aromatic carbocycles. The maximum Gasteiger partial charge on any atom is 0.229 e. The van der Waals surface area contributed by atoms with Crippen LogP contribution < -0.4 is 16.0 Å². The molecule has 1 atom stereocenters. The van der Waals surface area contributed by atoms with Crippen molar-refractivity contribution in [2.24, 2.45) is 0 Å². The summed E-state index contributed by atoms with van der Waals surface area (Å²) in [7, 11) is 0. The van der Waals surface area contributed by atoms with Gasteiger partial charge in [-0.1, -0.05) is 12.8 Å². The van der Waals surface area contributed by atoms with Crippen molar-refractivity contribution in [3.05, 3.63) is 30.1 Å². The highest BCUT2D eigenvalue weighted by Gasteiger charge is 2.17. The second-order valence-corrected chi connectivity index (χ2v) is 6.36. The molecule has 0 aliphatic heterocycles. The molecule has 9 heteroatoms. The van der Waals surface area contributed by atoms with E-state index < -0.39 is 6.10 Å². The summed E-state index contributed by atoms with van der Waals surface area (Å²) in [4.78, 5) is 17.2. The number of anilines is 3. The van der Waals surface area contributed by atoms with Crippen LogP contribution in [0.15, 0.2) is 24.5 Å². The molecule has 0 saturated heterocycles. The number of pyridine rings is 1. The highest BCUT2D eigenvalue weighted by molar-refractivity contribution is 5.43. The highest BCUT2D eigenvalue weighted by atomic mass is 16.3. The summed E-state index contributed by atoms with van der Waals surface area (Å²) in [5, 5.41) is 27.9. The van der Waals surface area contributed by atoms with Gasteiger partial charge in [0.25, 0.3) is 0 Å². The SMILES string of the molecule is OCC(O)CNc1nc(NCc2ccncc2)nc(NC2CCCC2)n1. The molecule has 2 aromatic rings. The van der Waals surface area contributed by atoms with Gasteiger partial charge in [0.05, 0.1) is 12.7 Å². The third-order valence-electron chi connectivity index (χ3n) is 4.23. The number of aromatic nitrogens is 4. The summed E-state index contributed by atoms with van der Waals surface area (Å²) in [5.74, 6) is 1.30. The topological polar surface area (TPSA) is 128 Å². The van der Waals surface area contributed by atoms with Crippen LogP contribution in [0.4, 0.5) is 17.8 Å². The van der Waals surface area contributed by atoms with Crippen molar-refractivity contribution in [1.29, 1.82) is 0 Å². The Balaban J connectivity index is 1.70. The lowest BCUT2D eigenvalue weighted by atomic mass is 10.2. The van der Waals surface area contributed by atoms with Crippen LogP contribution >= 0.6 is 0 Å². The van der Waals surface area contributed by atoms with Gasteiger partial charge in [0.1, 0.15) is 0 Å². The van der Waals surface area contributed by atoms with Crippen LogP contribution in [0.3, 0.4) is 0 Å². The number of hydrogen-bond acceptors (Lipinski definition) is 9. The largest absolute Gasteiger partial charge is 0.394 e. The van der Waals surface area contributed by atoms with E-state index in [2.05, 4.69) is 35.9 Å². The van der Waals surface area contributed by atoms with Crippen molar-refractivity contribution in [3.63, 3.8) is 0 Å². The van der Waals surface area contributed by atoms with E-state index in [0.717, 1.165) is 18.4 Å². The molecule has 0 spiro atoms. The molecular weight excluding hydrogens is 334 g/mol. The fourth-order valence-electron chi connectivity index (χ4n) is 2.81. The fourth-order valence-corrected chi connectivity index (χ4v) is 2.81. The van der Waals surface area contributed by atoms with Gasteiger partial charge in [-0.25, -0.2) is 0 Å². The molecule has 26 heavy (non-hydrogen) atoms. The minimum Gasteiger partial charge on any atom is -0.394 e. The molecule has 2 aromatic heterocycles. The Bertz CT molecular complexity index is 680. The Kier molecular flexibility index (Phi) is 6.50. The minimum absolute atomic E-state index is 0.160. The van der Waals surface area contributed by atoms with E-state index >= 15 is 0 Å². The molecule has 1 fully saturated rings. The molecule has 9 nitrogen and oxygen atoms in total. The van der Waals surface area contributed by atoms with Gasteiger partial charge in [0.2, 0.25) is 17.8 Å².